The van der Waals surface area contributed by atoms with Crippen molar-refractivity contribution in [1.82, 2.24) is 20.3 Å². The van der Waals surface area contributed by atoms with E-state index in [0.29, 0.717) is 0 Å². The Labute approximate surface area is 168 Å². The number of piperidine rings is 1. The highest BCUT2D eigenvalue weighted by atomic mass is 32.1. The molecule has 0 aliphatic carbocycles. The van der Waals surface area contributed by atoms with Crippen molar-refractivity contribution in [2.45, 2.75) is 12.8 Å². The second-order valence-corrected chi connectivity index (χ2v) is 8.16. The van der Waals surface area contributed by atoms with Crippen LogP contribution in [0.15, 0.2) is 54.2 Å². The van der Waals surface area contributed by atoms with Crippen molar-refractivity contribution >= 4 is 27.5 Å². The zero-order valence-corrected chi connectivity index (χ0v) is 16.4. The number of nitrogens with zero attached hydrogens (tertiary/aromatic N) is 2. The number of pyridine rings is 1. The van der Waals surface area contributed by atoms with Gasteiger partial charge >= 0.3 is 0 Å². The van der Waals surface area contributed by atoms with Gasteiger partial charge in [0, 0.05) is 40.8 Å². The van der Waals surface area contributed by atoms with Crippen molar-refractivity contribution in [3.05, 3.63) is 54.2 Å². The van der Waals surface area contributed by atoms with E-state index in [1.807, 2.05) is 18.5 Å². The van der Waals surface area contributed by atoms with Crippen LogP contribution in [0.2, 0.25) is 0 Å². The van der Waals surface area contributed by atoms with Crippen molar-refractivity contribution in [3.8, 4) is 22.4 Å². The molecule has 0 radical (unpaired) electrons. The van der Waals surface area contributed by atoms with Gasteiger partial charge in [-0.2, -0.15) is 0 Å². The molecule has 3 aromatic heterocycles. The normalized spacial score (nSPS) is 15.1. The summed E-state index contributed by atoms with van der Waals surface area (Å²) in [7, 11) is 0. The van der Waals surface area contributed by atoms with Gasteiger partial charge in [0.15, 0.2) is 5.13 Å². The van der Waals surface area contributed by atoms with Gasteiger partial charge in [0.05, 0.1) is 5.69 Å². The van der Waals surface area contributed by atoms with Crippen LogP contribution in [-0.2, 0) is 0 Å². The summed E-state index contributed by atoms with van der Waals surface area (Å²) in [5.74, 6) is 0.735. The van der Waals surface area contributed by atoms with Crippen molar-refractivity contribution < 1.29 is 0 Å². The van der Waals surface area contributed by atoms with Gasteiger partial charge in [0.2, 0.25) is 0 Å². The highest BCUT2D eigenvalue weighted by molar-refractivity contribution is 7.14. The quantitative estimate of drug-likeness (QED) is 0.460. The topological polar surface area (TPSA) is 65.6 Å². The maximum absolute atomic E-state index is 4.83. The van der Waals surface area contributed by atoms with Gasteiger partial charge in [0.1, 0.15) is 5.65 Å². The van der Waals surface area contributed by atoms with Crippen molar-refractivity contribution in [2.75, 3.05) is 25.0 Å². The molecule has 0 saturated carbocycles. The van der Waals surface area contributed by atoms with E-state index in [2.05, 4.69) is 56.3 Å². The minimum atomic E-state index is 0.735. The monoisotopic (exact) mass is 389 g/mol. The summed E-state index contributed by atoms with van der Waals surface area (Å²) in [6, 6.07) is 12.6. The largest absolute Gasteiger partial charge is 0.361 e. The second kappa shape index (κ2) is 7.73. The Morgan fingerprint density at radius 2 is 1.96 bits per heavy atom. The molecule has 5 rings (SSSR count). The molecule has 4 heterocycles. The lowest BCUT2D eigenvalue weighted by atomic mass is 9.98. The van der Waals surface area contributed by atoms with Crippen LogP contribution in [0.3, 0.4) is 0 Å². The third-order valence-corrected chi connectivity index (χ3v) is 6.22. The Kier molecular flexibility index (Phi) is 4.81. The minimum absolute atomic E-state index is 0.735. The number of aromatic amines is 1. The van der Waals surface area contributed by atoms with Crippen LogP contribution in [0.5, 0.6) is 0 Å². The van der Waals surface area contributed by atoms with Crippen LogP contribution in [0, 0.1) is 5.92 Å². The first-order chi connectivity index (χ1) is 13.9. The SMILES string of the molecule is c1ccc(-c2cnc3[nH]cc(-c4csc(NCC5CCNCC5)n4)c3c2)cc1. The number of H-pyrrole nitrogens is 1. The molecule has 1 saturated heterocycles. The van der Waals surface area contributed by atoms with Crippen LogP contribution in [0.25, 0.3) is 33.4 Å². The molecule has 1 fully saturated rings. The highest BCUT2D eigenvalue weighted by Gasteiger charge is 2.15. The summed E-state index contributed by atoms with van der Waals surface area (Å²) < 4.78 is 0. The Morgan fingerprint density at radius 1 is 1.11 bits per heavy atom. The lowest BCUT2D eigenvalue weighted by Gasteiger charge is -2.22. The standard InChI is InChI=1S/C22H23N5S/c1-2-4-16(5-3-1)17-10-18-19(13-25-21(18)24-12-17)20-14-28-22(27-20)26-11-15-6-8-23-9-7-15/h1-5,10,12-15,23H,6-9,11H2,(H,24,25)(H,26,27). The summed E-state index contributed by atoms with van der Waals surface area (Å²) in [6.07, 6.45) is 6.41. The fraction of sp³-hybridized carbons (Fsp3) is 0.273. The summed E-state index contributed by atoms with van der Waals surface area (Å²) in [5.41, 5.74) is 5.29. The third kappa shape index (κ3) is 3.53. The molecule has 3 N–H and O–H groups in total. The summed E-state index contributed by atoms with van der Waals surface area (Å²) in [6.45, 7) is 3.26. The van der Waals surface area contributed by atoms with E-state index in [1.54, 1.807) is 11.3 Å². The Morgan fingerprint density at radius 3 is 2.82 bits per heavy atom. The van der Waals surface area contributed by atoms with E-state index < -0.39 is 0 Å². The fourth-order valence-electron chi connectivity index (χ4n) is 3.80. The maximum Gasteiger partial charge on any atom is 0.183 e. The number of fused-ring (bicyclic) bond motifs is 1. The number of hydrogen-bond acceptors (Lipinski definition) is 5. The number of hydrogen-bond donors (Lipinski definition) is 3. The molecule has 0 amide bonds. The molecule has 1 aliphatic rings. The zero-order valence-electron chi connectivity index (χ0n) is 15.6. The second-order valence-electron chi connectivity index (χ2n) is 7.30. The summed E-state index contributed by atoms with van der Waals surface area (Å²) >= 11 is 1.67. The van der Waals surface area contributed by atoms with Crippen molar-refractivity contribution in [1.29, 1.82) is 0 Å². The first kappa shape index (κ1) is 17.4. The van der Waals surface area contributed by atoms with E-state index in [4.69, 9.17) is 4.98 Å². The van der Waals surface area contributed by atoms with Gasteiger partial charge in [-0.1, -0.05) is 30.3 Å². The zero-order chi connectivity index (χ0) is 18.8. The number of benzene rings is 1. The molecule has 0 atom stereocenters. The van der Waals surface area contributed by atoms with Gasteiger partial charge in [-0.15, -0.1) is 11.3 Å². The molecular weight excluding hydrogens is 366 g/mol. The van der Waals surface area contributed by atoms with Crippen molar-refractivity contribution in [3.63, 3.8) is 0 Å². The van der Waals surface area contributed by atoms with Gasteiger partial charge in [-0.25, -0.2) is 9.97 Å². The van der Waals surface area contributed by atoms with Crippen LogP contribution < -0.4 is 10.6 Å². The van der Waals surface area contributed by atoms with Crippen LogP contribution in [-0.4, -0.2) is 34.6 Å². The van der Waals surface area contributed by atoms with Gasteiger partial charge in [-0.05, 0) is 43.5 Å². The van der Waals surface area contributed by atoms with Crippen LogP contribution >= 0.6 is 11.3 Å². The molecule has 0 spiro atoms. The molecule has 1 aliphatic heterocycles. The minimum Gasteiger partial charge on any atom is -0.361 e. The molecule has 0 bridgehead atoms. The molecular formula is C22H23N5S. The lowest BCUT2D eigenvalue weighted by molar-refractivity contribution is 0.390. The molecule has 6 heteroatoms. The van der Waals surface area contributed by atoms with E-state index in [-0.39, 0.29) is 0 Å². The third-order valence-electron chi connectivity index (χ3n) is 5.42. The number of rotatable bonds is 5. The average molecular weight is 390 g/mol. The number of thiazole rings is 1. The van der Waals surface area contributed by atoms with E-state index in [0.717, 1.165) is 58.5 Å². The maximum atomic E-state index is 4.83. The lowest BCUT2D eigenvalue weighted by Crippen LogP contribution is -2.31. The first-order valence-electron chi connectivity index (χ1n) is 9.80. The van der Waals surface area contributed by atoms with E-state index in [9.17, 15) is 0 Å². The average Bonchev–Trinajstić information content (AvgIpc) is 3.40. The molecule has 0 unspecified atom stereocenters. The predicted molar refractivity (Wildman–Crippen MR) is 117 cm³/mol. The smallest absolute Gasteiger partial charge is 0.183 e. The molecule has 28 heavy (non-hydrogen) atoms. The highest BCUT2D eigenvalue weighted by Crippen LogP contribution is 2.32. The summed E-state index contributed by atoms with van der Waals surface area (Å²) in [4.78, 5) is 12.7. The predicted octanol–water partition coefficient (Wildman–Crippen LogP) is 4.76. The van der Waals surface area contributed by atoms with Crippen molar-refractivity contribution in [2.24, 2.45) is 5.92 Å². The van der Waals surface area contributed by atoms with Gasteiger partial charge < -0.3 is 15.6 Å². The Balaban J connectivity index is 1.39. The Bertz CT molecular complexity index is 1060. The molecule has 142 valence electrons. The van der Waals surface area contributed by atoms with Crippen LogP contribution in [0.1, 0.15) is 12.8 Å². The molecule has 1 aromatic carbocycles. The van der Waals surface area contributed by atoms with Gasteiger partial charge in [-0.3, -0.25) is 0 Å². The van der Waals surface area contributed by atoms with E-state index >= 15 is 0 Å². The Hall–Kier alpha value is -2.70. The number of nitrogens with one attached hydrogen (secondary N) is 3. The number of anilines is 1. The molecule has 5 nitrogen and oxygen atoms in total. The summed E-state index contributed by atoms with van der Waals surface area (Å²) in [5, 5.41) is 11.2. The van der Waals surface area contributed by atoms with E-state index in [1.165, 1.54) is 18.4 Å². The first-order valence-corrected chi connectivity index (χ1v) is 10.7. The van der Waals surface area contributed by atoms with Crippen LogP contribution in [0.4, 0.5) is 5.13 Å². The van der Waals surface area contributed by atoms with Gasteiger partial charge in [0.25, 0.3) is 0 Å². The molecule has 4 aromatic rings. The number of aromatic nitrogens is 3. The fourth-order valence-corrected chi connectivity index (χ4v) is 4.52.